The van der Waals surface area contributed by atoms with E-state index in [1.807, 2.05) is 12.2 Å². The van der Waals surface area contributed by atoms with Gasteiger partial charge in [0.1, 0.15) is 11.4 Å². The topological polar surface area (TPSA) is 91.3 Å². The zero-order chi connectivity index (χ0) is 28.7. The van der Waals surface area contributed by atoms with Crippen LogP contribution in [0.25, 0.3) is 0 Å². The molecule has 2 aliphatic carbocycles. The maximum atomic E-state index is 14.8. The highest BCUT2D eigenvalue weighted by atomic mass is 35.5. The molecule has 0 unspecified atom stereocenters. The summed E-state index contributed by atoms with van der Waals surface area (Å²) >= 11 is 6.05. The third-order valence-corrected chi connectivity index (χ3v) is 7.79. The molecule has 208 valence electrons. The smallest absolute Gasteiger partial charge is 0.416 e. The van der Waals surface area contributed by atoms with Gasteiger partial charge in [-0.3, -0.25) is 9.78 Å². The number of fused-ring (bicyclic) bond motifs is 2. The number of pyridine rings is 1. The van der Waals surface area contributed by atoms with E-state index in [2.05, 4.69) is 15.6 Å². The highest BCUT2D eigenvalue weighted by Gasteiger charge is 2.50. The second-order valence-corrected chi connectivity index (χ2v) is 10.5. The highest BCUT2D eigenvalue weighted by molar-refractivity contribution is 6.30. The second kappa shape index (κ2) is 10.6. The van der Waals surface area contributed by atoms with E-state index in [1.54, 1.807) is 30.3 Å². The summed E-state index contributed by atoms with van der Waals surface area (Å²) < 4.78 is 56.2. The fraction of sp³-hybridized carbons (Fsp3) is 0.276. The number of nitrogens with one attached hydrogen (secondary N) is 2. The monoisotopic (exact) mass is 573 g/mol. The summed E-state index contributed by atoms with van der Waals surface area (Å²) in [7, 11) is 0. The molecule has 2 aliphatic rings. The Balaban J connectivity index is 1.63. The molecule has 3 aromatic rings. The summed E-state index contributed by atoms with van der Waals surface area (Å²) in [4.78, 5) is 29.9. The molecule has 1 saturated carbocycles. The van der Waals surface area contributed by atoms with Gasteiger partial charge >= 0.3 is 18.2 Å². The molecule has 5 atom stereocenters. The molecule has 6 nitrogen and oxygen atoms in total. The van der Waals surface area contributed by atoms with E-state index in [1.165, 1.54) is 18.3 Å². The van der Waals surface area contributed by atoms with Gasteiger partial charge in [0.2, 0.25) is 0 Å². The Hall–Kier alpha value is -3.92. The van der Waals surface area contributed by atoms with Crippen LogP contribution in [0.15, 0.2) is 79.0 Å². The van der Waals surface area contributed by atoms with Crippen LogP contribution >= 0.6 is 11.6 Å². The van der Waals surface area contributed by atoms with E-state index in [9.17, 15) is 32.3 Å². The minimum absolute atomic E-state index is 0.102. The number of allylic oxidation sites excluding steroid dienone is 1. The predicted octanol–water partition coefficient (Wildman–Crippen LogP) is 5.95. The van der Waals surface area contributed by atoms with Gasteiger partial charge in [0.05, 0.1) is 28.2 Å². The van der Waals surface area contributed by atoms with Crippen LogP contribution in [-0.4, -0.2) is 28.1 Å². The Labute approximate surface area is 232 Å². The number of hydrogen-bond acceptors (Lipinski definition) is 3. The van der Waals surface area contributed by atoms with Crippen molar-refractivity contribution in [3.8, 4) is 0 Å². The molecule has 2 aromatic carbocycles. The molecule has 1 aromatic heterocycles. The fourth-order valence-electron chi connectivity index (χ4n) is 5.79. The Kier molecular flexibility index (Phi) is 7.31. The quantitative estimate of drug-likeness (QED) is 0.240. The van der Waals surface area contributed by atoms with E-state index in [0.29, 0.717) is 18.1 Å². The van der Waals surface area contributed by atoms with Gasteiger partial charge in [-0.25, -0.2) is 9.18 Å². The van der Waals surface area contributed by atoms with Crippen LogP contribution in [-0.2, 0) is 22.9 Å². The van der Waals surface area contributed by atoms with E-state index in [-0.39, 0.29) is 34.5 Å². The van der Waals surface area contributed by atoms with E-state index in [0.717, 1.165) is 12.1 Å². The molecule has 2 bridgehead atoms. The maximum absolute atomic E-state index is 14.8. The summed E-state index contributed by atoms with van der Waals surface area (Å²) in [5.74, 6) is -3.51. The van der Waals surface area contributed by atoms with Crippen LogP contribution in [0.2, 0.25) is 5.02 Å². The number of benzene rings is 2. The molecule has 5 rings (SSSR count). The van der Waals surface area contributed by atoms with Crippen LogP contribution in [0.4, 0.5) is 22.4 Å². The number of aromatic nitrogens is 1. The number of urea groups is 1. The maximum Gasteiger partial charge on any atom is 0.416 e. The first kappa shape index (κ1) is 27.6. The van der Waals surface area contributed by atoms with Crippen molar-refractivity contribution in [3.63, 3.8) is 0 Å². The van der Waals surface area contributed by atoms with Gasteiger partial charge in [0.25, 0.3) is 0 Å². The van der Waals surface area contributed by atoms with Gasteiger partial charge in [-0.15, -0.1) is 0 Å². The number of carboxylic acid groups (broad SMARTS) is 1. The van der Waals surface area contributed by atoms with Gasteiger partial charge < -0.3 is 15.7 Å². The SMILES string of the molecule is O=C(N[C@@H]1[C@H](C(=O)O)[C@@H]2C=C[C@H]1C2)N[C@@](Cc1ccccc1)(c1cc(F)cc(C(F)(F)F)c1)c1ccc(Cl)cn1. The van der Waals surface area contributed by atoms with Crippen LogP contribution in [0, 0.1) is 23.6 Å². The standard InChI is InChI=1S/C29H24ClF4N3O3/c30-21-8-9-23(35-15-21)28(14-16-4-2-1-3-5-16,19-11-20(29(32,33)34)13-22(31)12-19)37-27(40)36-25-18-7-6-17(10-18)24(25)26(38)39/h1-9,11-13,15,17-18,24-25H,10,14H2,(H,38,39)(H2,36,37,40)/t17-,18+,24-,25+,28+/m1/s1. The first-order valence-electron chi connectivity index (χ1n) is 12.5. The van der Waals surface area contributed by atoms with Gasteiger partial charge in [0.15, 0.2) is 0 Å². The van der Waals surface area contributed by atoms with Gasteiger partial charge in [0, 0.05) is 12.6 Å². The third kappa shape index (κ3) is 5.40. The minimum Gasteiger partial charge on any atom is -0.481 e. The number of carboxylic acids is 1. The average Bonchev–Trinajstić information content (AvgIpc) is 3.50. The molecule has 40 heavy (non-hydrogen) atoms. The minimum atomic E-state index is -4.87. The van der Waals surface area contributed by atoms with Crippen molar-refractivity contribution in [2.75, 3.05) is 0 Å². The number of aliphatic carboxylic acids is 1. The Morgan fingerprint density at radius 2 is 1.70 bits per heavy atom. The van der Waals surface area contributed by atoms with E-state index >= 15 is 0 Å². The van der Waals surface area contributed by atoms with E-state index < -0.39 is 47.1 Å². The zero-order valence-electron chi connectivity index (χ0n) is 20.8. The normalized spacial score (nSPS) is 23.0. The van der Waals surface area contributed by atoms with Gasteiger partial charge in [-0.1, -0.05) is 54.1 Å². The summed E-state index contributed by atoms with van der Waals surface area (Å²) in [5, 5.41) is 15.6. The number of nitrogens with zero attached hydrogens (tertiary/aromatic N) is 1. The van der Waals surface area contributed by atoms with Crippen LogP contribution in [0.1, 0.15) is 28.8 Å². The molecule has 0 saturated heterocycles. The molecule has 1 heterocycles. The molecule has 0 spiro atoms. The highest BCUT2D eigenvalue weighted by Crippen LogP contribution is 2.44. The lowest BCUT2D eigenvalue weighted by atomic mass is 9.79. The number of halogens is 5. The first-order chi connectivity index (χ1) is 19.0. The van der Waals surface area contributed by atoms with Crippen molar-refractivity contribution in [2.45, 2.75) is 30.6 Å². The predicted molar refractivity (Wildman–Crippen MR) is 139 cm³/mol. The zero-order valence-corrected chi connectivity index (χ0v) is 21.6. The van der Waals surface area contributed by atoms with Crippen molar-refractivity contribution in [2.24, 2.45) is 17.8 Å². The number of hydrogen-bond donors (Lipinski definition) is 3. The van der Waals surface area contributed by atoms with Gasteiger partial charge in [-0.05, 0) is 59.7 Å². The van der Waals surface area contributed by atoms with Gasteiger partial charge in [-0.2, -0.15) is 13.2 Å². The number of alkyl halides is 3. The van der Waals surface area contributed by atoms with Crippen molar-refractivity contribution in [1.82, 2.24) is 15.6 Å². The Morgan fingerprint density at radius 3 is 2.35 bits per heavy atom. The third-order valence-electron chi connectivity index (χ3n) is 7.56. The number of rotatable bonds is 7. The van der Waals surface area contributed by atoms with Crippen molar-refractivity contribution < 1.29 is 32.3 Å². The summed E-state index contributed by atoms with van der Waals surface area (Å²) in [6.45, 7) is 0. The summed E-state index contributed by atoms with van der Waals surface area (Å²) in [6.07, 6.45) is 0.554. The largest absolute Gasteiger partial charge is 0.481 e. The molecule has 3 N–H and O–H groups in total. The lowest BCUT2D eigenvalue weighted by molar-refractivity contribution is -0.143. The summed E-state index contributed by atoms with van der Waals surface area (Å²) in [5.41, 5.74) is -2.51. The second-order valence-electron chi connectivity index (χ2n) is 10.1. The molecule has 2 amide bonds. The van der Waals surface area contributed by atoms with E-state index in [4.69, 9.17) is 11.6 Å². The lowest BCUT2D eigenvalue weighted by Crippen LogP contribution is -2.56. The van der Waals surface area contributed by atoms with Crippen LogP contribution < -0.4 is 10.6 Å². The molecule has 11 heteroatoms. The van der Waals surface area contributed by atoms with Crippen LogP contribution in [0.5, 0.6) is 0 Å². The Morgan fingerprint density at radius 1 is 1.00 bits per heavy atom. The van der Waals surface area contributed by atoms with Crippen LogP contribution in [0.3, 0.4) is 0 Å². The summed E-state index contributed by atoms with van der Waals surface area (Å²) in [6, 6.07) is 12.1. The number of carbonyl (C=O) groups excluding carboxylic acids is 1. The van der Waals surface area contributed by atoms with Crippen molar-refractivity contribution in [1.29, 1.82) is 0 Å². The molecule has 1 fully saturated rings. The number of carbonyl (C=O) groups is 2. The molecule has 0 aliphatic heterocycles. The molecule has 0 radical (unpaired) electrons. The lowest BCUT2D eigenvalue weighted by Gasteiger charge is -2.37. The number of amides is 2. The average molecular weight is 574 g/mol. The van der Waals surface area contributed by atoms with Crippen molar-refractivity contribution in [3.05, 3.63) is 112 Å². The van der Waals surface area contributed by atoms with Crippen molar-refractivity contribution >= 4 is 23.6 Å². The molecular weight excluding hydrogens is 550 g/mol. The fourth-order valence-corrected chi connectivity index (χ4v) is 5.90. The Bertz CT molecular complexity index is 1450. The first-order valence-corrected chi connectivity index (χ1v) is 12.9. The molecular formula is C29H24ClF4N3O3.